The van der Waals surface area contributed by atoms with Crippen LogP contribution in [0.1, 0.15) is 20.8 Å². The highest BCUT2D eigenvalue weighted by Crippen LogP contribution is 2.22. The molecule has 0 aliphatic carbocycles. The number of aromatic nitrogens is 1. The number of nitro groups is 1. The summed E-state index contributed by atoms with van der Waals surface area (Å²) in [6.07, 6.45) is 0. The lowest BCUT2D eigenvalue weighted by molar-refractivity contribution is -0.384. The maximum absolute atomic E-state index is 11.9. The number of hydrogen-bond acceptors (Lipinski definition) is 5. The molecule has 0 fully saturated rings. The minimum Gasteiger partial charge on any atom is -0.352 e. The number of carbonyl (C=O) groups excluding carboxylic acids is 1. The summed E-state index contributed by atoms with van der Waals surface area (Å²) < 4.78 is 0. The first kappa shape index (κ1) is 16.7. The molecule has 0 atom stereocenters. The lowest BCUT2D eigenvalue weighted by Gasteiger charge is -2.22. The maximum atomic E-state index is 11.9. The van der Waals surface area contributed by atoms with Crippen LogP contribution in [0.5, 0.6) is 0 Å². The third-order valence-electron chi connectivity index (χ3n) is 3.36. The third-order valence-corrected chi connectivity index (χ3v) is 3.36. The predicted octanol–water partition coefficient (Wildman–Crippen LogP) is 2.49. The Hall–Kier alpha value is -2.70. The van der Waals surface area contributed by atoms with E-state index in [0.29, 0.717) is 23.3 Å². The fourth-order valence-corrected chi connectivity index (χ4v) is 2.29. The summed E-state index contributed by atoms with van der Waals surface area (Å²) in [5, 5.41) is 14.4. The van der Waals surface area contributed by atoms with Crippen molar-refractivity contribution in [1.82, 2.24) is 10.3 Å². The first-order valence-electron chi connectivity index (χ1n) is 7.50. The number of benzene rings is 1. The van der Waals surface area contributed by atoms with E-state index in [0.717, 1.165) is 0 Å². The van der Waals surface area contributed by atoms with E-state index in [9.17, 15) is 14.9 Å². The monoisotopic (exact) mass is 316 g/mol. The lowest BCUT2D eigenvalue weighted by atomic mass is 10.2. The summed E-state index contributed by atoms with van der Waals surface area (Å²) in [4.78, 5) is 28.7. The van der Waals surface area contributed by atoms with Crippen LogP contribution < -0.4 is 10.2 Å². The van der Waals surface area contributed by atoms with Gasteiger partial charge in [-0.2, -0.15) is 0 Å². The maximum Gasteiger partial charge on any atom is 0.270 e. The molecular weight excluding hydrogens is 296 g/mol. The molecule has 0 unspecified atom stereocenters. The normalized spacial score (nSPS) is 10.8. The number of carbonyl (C=O) groups is 1. The molecule has 0 radical (unpaired) electrons. The number of hydrogen-bond donors (Lipinski definition) is 1. The van der Waals surface area contributed by atoms with Crippen LogP contribution >= 0.6 is 0 Å². The van der Waals surface area contributed by atoms with Crippen LogP contribution in [-0.2, 0) is 4.79 Å². The summed E-state index contributed by atoms with van der Waals surface area (Å²) in [5.74, 6) is 0.611. The highest BCUT2D eigenvalue weighted by atomic mass is 16.6. The van der Waals surface area contributed by atoms with Crippen LogP contribution in [0.2, 0.25) is 0 Å². The van der Waals surface area contributed by atoms with Gasteiger partial charge in [0.25, 0.3) is 5.69 Å². The van der Waals surface area contributed by atoms with Crippen molar-refractivity contribution in [3.63, 3.8) is 0 Å². The Morgan fingerprint density at radius 3 is 2.70 bits per heavy atom. The molecule has 0 saturated carbocycles. The Labute approximate surface area is 134 Å². The molecule has 23 heavy (non-hydrogen) atoms. The average Bonchev–Trinajstić information content (AvgIpc) is 2.50. The van der Waals surface area contributed by atoms with Gasteiger partial charge in [0.1, 0.15) is 5.82 Å². The fraction of sp³-hybridized carbons (Fsp3) is 0.375. The molecule has 1 aromatic carbocycles. The molecular formula is C16H20N4O3. The summed E-state index contributed by atoms with van der Waals surface area (Å²) in [7, 11) is 0. The molecule has 0 spiro atoms. The summed E-state index contributed by atoms with van der Waals surface area (Å²) in [6, 6.07) is 8.20. The molecule has 0 aliphatic heterocycles. The third kappa shape index (κ3) is 4.15. The number of amides is 1. The Balaban J connectivity index is 2.25. The second-order valence-electron chi connectivity index (χ2n) is 5.54. The number of non-ortho nitro benzene ring substituents is 1. The van der Waals surface area contributed by atoms with E-state index >= 15 is 0 Å². The fourth-order valence-electron chi connectivity index (χ4n) is 2.29. The average molecular weight is 316 g/mol. The minimum atomic E-state index is -0.429. The number of likely N-dealkylation sites (N-methyl/N-ethyl adjacent to an activating group) is 1. The van der Waals surface area contributed by atoms with Crippen molar-refractivity contribution in [2.24, 2.45) is 0 Å². The highest BCUT2D eigenvalue weighted by molar-refractivity contribution is 5.84. The van der Waals surface area contributed by atoms with Crippen LogP contribution in [-0.4, -0.2) is 34.9 Å². The number of nitrogens with one attached hydrogen (secondary N) is 1. The summed E-state index contributed by atoms with van der Waals surface area (Å²) >= 11 is 0. The topological polar surface area (TPSA) is 88.4 Å². The van der Waals surface area contributed by atoms with E-state index in [1.165, 1.54) is 12.1 Å². The predicted molar refractivity (Wildman–Crippen MR) is 89.6 cm³/mol. The van der Waals surface area contributed by atoms with Crippen LogP contribution in [0.15, 0.2) is 30.3 Å². The smallest absolute Gasteiger partial charge is 0.270 e. The van der Waals surface area contributed by atoms with E-state index in [4.69, 9.17) is 0 Å². The molecule has 0 saturated heterocycles. The second kappa shape index (κ2) is 7.04. The van der Waals surface area contributed by atoms with Crippen molar-refractivity contribution in [2.75, 3.05) is 18.0 Å². The first-order valence-corrected chi connectivity index (χ1v) is 7.50. The molecule has 122 valence electrons. The number of anilines is 1. The first-order chi connectivity index (χ1) is 10.9. The lowest BCUT2D eigenvalue weighted by Crippen LogP contribution is -2.40. The minimum absolute atomic E-state index is 0.0377. The largest absolute Gasteiger partial charge is 0.352 e. The Morgan fingerprint density at radius 1 is 1.35 bits per heavy atom. The molecule has 1 amide bonds. The van der Waals surface area contributed by atoms with E-state index in [-0.39, 0.29) is 24.2 Å². The summed E-state index contributed by atoms with van der Waals surface area (Å²) in [5.41, 5.74) is 0.700. The van der Waals surface area contributed by atoms with Gasteiger partial charge in [-0.25, -0.2) is 4.98 Å². The molecule has 7 heteroatoms. The zero-order valence-corrected chi connectivity index (χ0v) is 13.4. The van der Waals surface area contributed by atoms with Crippen LogP contribution in [0.3, 0.4) is 0 Å². The Bertz CT molecular complexity index is 730. The number of pyridine rings is 1. The van der Waals surface area contributed by atoms with E-state index in [1.54, 1.807) is 18.2 Å². The number of nitrogens with zero attached hydrogens (tertiary/aromatic N) is 3. The van der Waals surface area contributed by atoms with Crippen LogP contribution in [0.25, 0.3) is 10.9 Å². The van der Waals surface area contributed by atoms with Crippen molar-refractivity contribution >= 4 is 28.3 Å². The van der Waals surface area contributed by atoms with Gasteiger partial charge in [-0.05, 0) is 39.0 Å². The second-order valence-corrected chi connectivity index (χ2v) is 5.54. The molecule has 1 aromatic heterocycles. The van der Waals surface area contributed by atoms with Crippen LogP contribution in [0, 0.1) is 10.1 Å². The SMILES string of the molecule is CCN(CC(=O)NC(C)C)c1ccc2cc([N+](=O)[O-])ccc2n1. The van der Waals surface area contributed by atoms with E-state index in [1.807, 2.05) is 25.7 Å². The van der Waals surface area contributed by atoms with Gasteiger partial charge < -0.3 is 10.2 Å². The zero-order valence-electron chi connectivity index (χ0n) is 13.4. The molecule has 0 bridgehead atoms. The van der Waals surface area contributed by atoms with E-state index in [2.05, 4.69) is 10.3 Å². The molecule has 1 N–H and O–H groups in total. The van der Waals surface area contributed by atoms with Gasteiger partial charge in [0.15, 0.2) is 0 Å². The molecule has 0 aliphatic rings. The van der Waals surface area contributed by atoms with Crippen molar-refractivity contribution in [3.8, 4) is 0 Å². The van der Waals surface area contributed by atoms with Gasteiger partial charge in [0.05, 0.1) is 17.0 Å². The molecule has 2 aromatic rings. The Kier molecular flexibility index (Phi) is 5.10. The van der Waals surface area contributed by atoms with Gasteiger partial charge in [-0.15, -0.1) is 0 Å². The van der Waals surface area contributed by atoms with Crippen molar-refractivity contribution in [3.05, 3.63) is 40.4 Å². The number of rotatable bonds is 6. The quantitative estimate of drug-likeness (QED) is 0.653. The molecule has 1 heterocycles. The summed E-state index contributed by atoms with van der Waals surface area (Å²) in [6.45, 7) is 6.63. The van der Waals surface area contributed by atoms with Gasteiger partial charge in [0, 0.05) is 30.1 Å². The Morgan fingerprint density at radius 2 is 2.09 bits per heavy atom. The zero-order chi connectivity index (χ0) is 17.0. The van der Waals surface area contributed by atoms with Gasteiger partial charge >= 0.3 is 0 Å². The number of fused-ring (bicyclic) bond motifs is 1. The number of nitro benzene ring substituents is 1. The van der Waals surface area contributed by atoms with Gasteiger partial charge in [-0.3, -0.25) is 14.9 Å². The van der Waals surface area contributed by atoms with Crippen LogP contribution in [0.4, 0.5) is 11.5 Å². The van der Waals surface area contributed by atoms with Crippen molar-refractivity contribution in [1.29, 1.82) is 0 Å². The standard InChI is InChI=1S/C16H20N4O3/c1-4-19(10-16(21)17-11(2)3)15-8-5-12-9-13(20(22)23)6-7-14(12)18-15/h5-9,11H,4,10H2,1-3H3,(H,17,21). The molecule has 2 rings (SSSR count). The van der Waals surface area contributed by atoms with Crippen molar-refractivity contribution in [2.45, 2.75) is 26.8 Å². The van der Waals surface area contributed by atoms with Crippen molar-refractivity contribution < 1.29 is 9.72 Å². The van der Waals surface area contributed by atoms with Gasteiger partial charge in [-0.1, -0.05) is 0 Å². The highest BCUT2D eigenvalue weighted by Gasteiger charge is 2.13. The van der Waals surface area contributed by atoms with E-state index < -0.39 is 4.92 Å². The molecule has 7 nitrogen and oxygen atoms in total. The van der Waals surface area contributed by atoms with Gasteiger partial charge in [0.2, 0.25) is 5.91 Å².